The summed E-state index contributed by atoms with van der Waals surface area (Å²) in [4.78, 5) is 0. The first kappa shape index (κ1) is 13.3. The van der Waals surface area contributed by atoms with Crippen LogP contribution >= 0.6 is 0 Å². The van der Waals surface area contributed by atoms with Gasteiger partial charge < -0.3 is 10.1 Å². The highest BCUT2D eigenvalue weighted by Crippen LogP contribution is 2.26. The minimum Gasteiger partial charge on any atom is -0.372 e. The third-order valence-electron chi connectivity index (χ3n) is 3.64. The Balaban J connectivity index is 1.60. The van der Waals surface area contributed by atoms with E-state index >= 15 is 0 Å². The van der Waals surface area contributed by atoms with Gasteiger partial charge in [0.2, 0.25) is 0 Å². The van der Waals surface area contributed by atoms with Gasteiger partial charge in [0, 0.05) is 13.1 Å². The fraction of sp³-hybridized carbons (Fsp3) is 0.294. The van der Waals surface area contributed by atoms with Crippen molar-refractivity contribution in [2.45, 2.75) is 19.1 Å². The SMILES string of the molecule is Fc1cccc(CNCC2OCCc3ccccc32)c1. The number of hydrogen-bond donors (Lipinski definition) is 1. The van der Waals surface area contributed by atoms with Crippen LogP contribution in [0.4, 0.5) is 4.39 Å². The van der Waals surface area contributed by atoms with Gasteiger partial charge in [-0.15, -0.1) is 0 Å². The summed E-state index contributed by atoms with van der Waals surface area (Å²) in [5.74, 6) is -0.191. The van der Waals surface area contributed by atoms with E-state index in [1.165, 1.54) is 17.2 Å². The molecule has 0 aliphatic carbocycles. The molecule has 1 aliphatic heterocycles. The van der Waals surface area contributed by atoms with Crippen LogP contribution in [0.3, 0.4) is 0 Å². The van der Waals surface area contributed by atoms with Crippen molar-refractivity contribution >= 4 is 0 Å². The van der Waals surface area contributed by atoms with E-state index in [9.17, 15) is 4.39 Å². The van der Waals surface area contributed by atoms with Crippen LogP contribution in [0.2, 0.25) is 0 Å². The topological polar surface area (TPSA) is 21.3 Å². The van der Waals surface area contributed by atoms with Crippen molar-refractivity contribution in [3.63, 3.8) is 0 Å². The van der Waals surface area contributed by atoms with Gasteiger partial charge in [-0.05, 0) is 35.2 Å². The molecular weight excluding hydrogens is 253 g/mol. The number of rotatable bonds is 4. The number of fused-ring (bicyclic) bond motifs is 1. The van der Waals surface area contributed by atoms with Crippen LogP contribution in [0.25, 0.3) is 0 Å². The van der Waals surface area contributed by atoms with E-state index in [1.807, 2.05) is 12.1 Å². The zero-order chi connectivity index (χ0) is 13.8. The summed E-state index contributed by atoms with van der Waals surface area (Å²) in [5.41, 5.74) is 3.59. The molecule has 0 aromatic heterocycles. The van der Waals surface area contributed by atoms with E-state index in [-0.39, 0.29) is 11.9 Å². The van der Waals surface area contributed by atoms with Crippen molar-refractivity contribution in [2.24, 2.45) is 0 Å². The Morgan fingerprint density at radius 3 is 2.95 bits per heavy atom. The number of nitrogens with one attached hydrogen (secondary N) is 1. The zero-order valence-electron chi connectivity index (χ0n) is 11.3. The van der Waals surface area contributed by atoms with E-state index in [0.717, 1.165) is 25.1 Å². The van der Waals surface area contributed by atoms with Gasteiger partial charge in [0.15, 0.2) is 0 Å². The number of ether oxygens (including phenoxy) is 1. The molecule has 2 aromatic rings. The van der Waals surface area contributed by atoms with E-state index < -0.39 is 0 Å². The molecule has 104 valence electrons. The second-order valence-corrected chi connectivity index (χ2v) is 5.07. The number of hydrogen-bond acceptors (Lipinski definition) is 2. The van der Waals surface area contributed by atoms with Gasteiger partial charge in [0.05, 0.1) is 12.7 Å². The number of benzene rings is 2. The molecule has 1 aliphatic rings. The second kappa shape index (κ2) is 6.16. The zero-order valence-corrected chi connectivity index (χ0v) is 11.3. The Morgan fingerprint density at radius 1 is 1.15 bits per heavy atom. The molecule has 0 spiro atoms. The molecule has 3 rings (SSSR count). The second-order valence-electron chi connectivity index (χ2n) is 5.07. The van der Waals surface area contributed by atoms with Crippen LogP contribution in [0.15, 0.2) is 48.5 Å². The molecule has 0 bridgehead atoms. The first-order valence-electron chi connectivity index (χ1n) is 6.97. The molecule has 1 N–H and O–H groups in total. The summed E-state index contributed by atoms with van der Waals surface area (Å²) in [6, 6.07) is 15.1. The molecule has 2 aromatic carbocycles. The average molecular weight is 271 g/mol. The first-order valence-corrected chi connectivity index (χ1v) is 6.97. The maximum Gasteiger partial charge on any atom is 0.123 e. The van der Waals surface area contributed by atoms with Crippen LogP contribution in [0, 0.1) is 5.82 Å². The molecule has 3 heteroatoms. The van der Waals surface area contributed by atoms with Crippen molar-refractivity contribution in [2.75, 3.05) is 13.2 Å². The molecule has 0 fully saturated rings. The van der Waals surface area contributed by atoms with E-state index in [1.54, 1.807) is 12.1 Å². The summed E-state index contributed by atoms with van der Waals surface area (Å²) in [5, 5.41) is 3.35. The number of halogens is 1. The Hall–Kier alpha value is -1.71. The van der Waals surface area contributed by atoms with Crippen LogP contribution in [-0.2, 0) is 17.7 Å². The summed E-state index contributed by atoms with van der Waals surface area (Å²) < 4.78 is 18.9. The normalized spacial score (nSPS) is 17.8. The lowest BCUT2D eigenvalue weighted by atomic mass is 9.97. The highest BCUT2D eigenvalue weighted by molar-refractivity contribution is 5.31. The average Bonchev–Trinajstić information content (AvgIpc) is 2.48. The predicted octanol–water partition coefficient (Wildman–Crippen LogP) is 3.23. The molecular formula is C17H18FNO. The molecule has 1 atom stereocenters. The van der Waals surface area contributed by atoms with Crippen LogP contribution in [-0.4, -0.2) is 13.2 Å². The smallest absolute Gasteiger partial charge is 0.123 e. The van der Waals surface area contributed by atoms with Gasteiger partial charge >= 0.3 is 0 Å². The molecule has 0 saturated heterocycles. The van der Waals surface area contributed by atoms with E-state index in [4.69, 9.17) is 4.74 Å². The quantitative estimate of drug-likeness (QED) is 0.922. The van der Waals surface area contributed by atoms with Crippen LogP contribution < -0.4 is 5.32 Å². The summed E-state index contributed by atoms with van der Waals surface area (Å²) in [6.45, 7) is 2.16. The van der Waals surface area contributed by atoms with Crippen molar-refractivity contribution in [3.8, 4) is 0 Å². The molecule has 2 nitrogen and oxygen atoms in total. The third kappa shape index (κ3) is 3.06. The molecule has 0 saturated carbocycles. The third-order valence-corrected chi connectivity index (χ3v) is 3.64. The highest BCUT2D eigenvalue weighted by Gasteiger charge is 2.19. The van der Waals surface area contributed by atoms with Crippen LogP contribution in [0.1, 0.15) is 22.8 Å². The van der Waals surface area contributed by atoms with Gasteiger partial charge in [-0.2, -0.15) is 0 Å². The monoisotopic (exact) mass is 271 g/mol. The van der Waals surface area contributed by atoms with Crippen molar-refractivity contribution < 1.29 is 9.13 Å². The molecule has 20 heavy (non-hydrogen) atoms. The highest BCUT2D eigenvalue weighted by atomic mass is 19.1. The van der Waals surface area contributed by atoms with E-state index in [0.29, 0.717) is 6.54 Å². The Kier molecular flexibility index (Phi) is 4.09. The summed E-state index contributed by atoms with van der Waals surface area (Å²) >= 11 is 0. The minimum atomic E-state index is -0.191. The summed E-state index contributed by atoms with van der Waals surface area (Å²) in [7, 11) is 0. The largest absolute Gasteiger partial charge is 0.372 e. The lowest BCUT2D eigenvalue weighted by molar-refractivity contribution is 0.0423. The molecule has 1 unspecified atom stereocenters. The van der Waals surface area contributed by atoms with Gasteiger partial charge in [-0.25, -0.2) is 4.39 Å². The molecule has 0 radical (unpaired) electrons. The Labute approximate surface area is 118 Å². The minimum absolute atomic E-state index is 0.0912. The predicted molar refractivity (Wildman–Crippen MR) is 76.9 cm³/mol. The maximum atomic E-state index is 13.1. The standard InChI is InChI=1S/C17H18FNO/c18-15-6-3-4-13(10-15)11-19-12-17-16-7-2-1-5-14(16)8-9-20-17/h1-7,10,17,19H,8-9,11-12H2. The maximum absolute atomic E-state index is 13.1. The molecule has 1 heterocycles. The van der Waals surface area contributed by atoms with Crippen molar-refractivity contribution in [3.05, 3.63) is 71.0 Å². The van der Waals surface area contributed by atoms with Crippen LogP contribution in [0.5, 0.6) is 0 Å². The Morgan fingerprint density at radius 2 is 2.05 bits per heavy atom. The van der Waals surface area contributed by atoms with Gasteiger partial charge in [-0.1, -0.05) is 36.4 Å². The van der Waals surface area contributed by atoms with Gasteiger partial charge in [-0.3, -0.25) is 0 Å². The lowest BCUT2D eigenvalue weighted by Gasteiger charge is -2.26. The fourth-order valence-electron chi connectivity index (χ4n) is 2.64. The fourth-order valence-corrected chi connectivity index (χ4v) is 2.64. The summed E-state index contributed by atoms with van der Waals surface area (Å²) in [6.07, 6.45) is 1.07. The lowest BCUT2D eigenvalue weighted by Crippen LogP contribution is -2.27. The first-order chi connectivity index (χ1) is 9.83. The van der Waals surface area contributed by atoms with Crippen molar-refractivity contribution in [1.82, 2.24) is 5.32 Å². The Bertz CT molecular complexity index is 585. The molecule has 0 amide bonds. The van der Waals surface area contributed by atoms with Gasteiger partial charge in [0.1, 0.15) is 5.82 Å². The van der Waals surface area contributed by atoms with Crippen molar-refractivity contribution in [1.29, 1.82) is 0 Å². The van der Waals surface area contributed by atoms with E-state index in [2.05, 4.69) is 23.5 Å². The van der Waals surface area contributed by atoms with Gasteiger partial charge in [0.25, 0.3) is 0 Å².